The van der Waals surface area contributed by atoms with Crippen LogP contribution in [0, 0.1) is 0 Å². The van der Waals surface area contributed by atoms with Gasteiger partial charge in [-0.3, -0.25) is 0 Å². The van der Waals surface area contributed by atoms with E-state index < -0.39 is 0 Å². The van der Waals surface area contributed by atoms with Gasteiger partial charge in [0.2, 0.25) is 0 Å². The highest BCUT2D eigenvalue weighted by atomic mass is 79.9. The average Bonchev–Trinajstić information content (AvgIpc) is 2.90. The third-order valence-electron chi connectivity index (χ3n) is 2.80. The molecule has 1 aromatic heterocycles. The first-order valence-corrected chi connectivity index (χ1v) is 7.59. The van der Waals surface area contributed by atoms with Crippen LogP contribution in [-0.4, -0.2) is 16.0 Å². The lowest BCUT2D eigenvalue weighted by Crippen LogP contribution is -2.14. The minimum atomic E-state index is 0.0370. The van der Waals surface area contributed by atoms with Crippen LogP contribution in [0.2, 0.25) is 0 Å². The van der Waals surface area contributed by atoms with E-state index in [1.807, 2.05) is 36.4 Å². The molecule has 0 fully saturated rings. The number of nitrogens with zero attached hydrogens (tertiary/aromatic N) is 2. The molecule has 2 aromatic carbocycles. The molecule has 0 unspecified atom stereocenters. The SMILES string of the molecule is N/C(=N/O)c1cc(Br)ccc1Sc1nc2ccccc2o1. The molecule has 0 aliphatic carbocycles. The van der Waals surface area contributed by atoms with Crippen LogP contribution in [0.4, 0.5) is 0 Å². The van der Waals surface area contributed by atoms with Gasteiger partial charge in [0.15, 0.2) is 11.4 Å². The molecule has 0 radical (unpaired) electrons. The molecule has 7 heteroatoms. The highest BCUT2D eigenvalue weighted by molar-refractivity contribution is 9.10. The summed E-state index contributed by atoms with van der Waals surface area (Å²) in [6.07, 6.45) is 0. The second-order valence-electron chi connectivity index (χ2n) is 4.18. The van der Waals surface area contributed by atoms with Crippen LogP contribution >= 0.6 is 27.7 Å². The highest BCUT2D eigenvalue weighted by Gasteiger charge is 2.13. The fraction of sp³-hybridized carbons (Fsp3) is 0. The number of oxime groups is 1. The lowest BCUT2D eigenvalue weighted by molar-refractivity contribution is 0.318. The van der Waals surface area contributed by atoms with Gasteiger partial charge >= 0.3 is 0 Å². The molecule has 21 heavy (non-hydrogen) atoms. The Kier molecular flexibility index (Phi) is 3.85. The van der Waals surface area contributed by atoms with Gasteiger partial charge in [-0.15, -0.1) is 0 Å². The number of hydrogen-bond acceptors (Lipinski definition) is 5. The van der Waals surface area contributed by atoms with E-state index >= 15 is 0 Å². The Morgan fingerprint density at radius 3 is 2.86 bits per heavy atom. The van der Waals surface area contributed by atoms with Gasteiger partial charge in [-0.05, 0) is 42.1 Å². The van der Waals surface area contributed by atoms with E-state index in [1.165, 1.54) is 11.8 Å². The van der Waals surface area contributed by atoms with Crippen molar-refractivity contribution in [3.63, 3.8) is 0 Å². The van der Waals surface area contributed by atoms with Gasteiger partial charge in [0.25, 0.3) is 5.22 Å². The lowest BCUT2D eigenvalue weighted by Gasteiger charge is -2.06. The Bertz CT molecular complexity index is 799. The van der Waals surface area contributed by atoms with E-state index in [2.05, 4.69) is 26.1 Å². The van der Waals surface area contributed by atoms with Crippen molar-refractivity contribution in [3.8, 4) is 0 Å². The van der Waals surface area contributed by atoms with Crippen LogP contribution in [-0.2, 0) is 0 Å². The van der Waals surface area contributed by atoms with Crippen LogP contribution in [0.15, 0.2) is 66.6 Å². The molecular formula is C14H10BrN3O2S. The normalized spacial score (nSPS) is 12.0. The minimum absolute atomic E-state index is 0.0370. The number of rotatable bonds is 3. The highest BCUT2D eigenvalue weighted by Crippen LogP contribution is 2.33. The maximum absolute atomic E-state index is 8.88. The van der Waals surface area contributed by atoms with E-state index in [1.54, 1.807) is 6.07 Å². The molecule has 0 bridgehead atoms. The van der Waals surface area contributed by atoms with E-state index in [9.17, 15) is 0 Å². The van der Waals surface area contributed by atoms with Crippen LogP contribution in [0.5, 0.6) is 0 Å². The zero-order valence-corrected chi connectivity index (χ0v) is 13.1. The minimum Gasteiger partial charge on any atom is -0.431 e. The largest absolute Gasteiger partial charge is 0.431 e. The Labute approximate surface area is 133 Å². The smallest absolute Gasteiger partial charge is 0.261 e. The van der Waals surface area contributed by atoms with Gasteiger partial charge in [0, 0.05) is 14.9 Å². The number of aromatic nitrogens is 1. The maximum Gasteiger partial charge on any atom is 0.261 e. The second-order valence-corrected chi connectivity index (χ2v) is 6.08. The molecule has 0 saturated carbocycles. The molecule has 0 amide bonds. The van der Waals surface area contributed by atoms with Gasteiger partial charge in [0.1, 0.15) is 5.52 Å². The Balaban J connectivity index is 2.01. The molecule has 3 N–H and O–H groups in total. The lowest BCUT2D eigenvalue weighted by atomic mass is 10.2. The van der Waals surface area contributed by atoms with Crippen LogP contribution in [0.3, 0.4) is 0 Å². The summed E-state index contributed by atoms with van der Waals surface area (Å²) >= 11 is 4.69. The summed E-state index contributed by atoms with van der Waals surface area (Å²) in [7, 11) is 0. The Hall–Kier alpha value is -1.99. The zero-order valence-electron chi connectivity index (χ0n) is 10.7. The van der Waals surface area contributed by atoms with Gasteiger partial charge in [-0.2, -0.15) is 0 Å². The van der Waals surface area contributed by atoms with Crippen molar-refractivity contribution < 1.29 is 9.62 Å². The number of nitrogens with two attached hydrogens (primary N) is 1. The Morgan fingerprint density at radius 1 is 1.29 bits per heavy atom. The molecule has 5 nitrogen and oxygen atoms in total. The summed E-state index contributed by atoms with van der Waals surface area (Å²) in [5, 5.41) is 12.4. The molecule has 106 valence electrons. The number of hydrogen-bond donors (Lipinski definition) is 2. The third-order valence-corrected chi connectivity index (χ3v) is 4.22. The predicted octanol–water partition coefficient (Wildman–Crippen LogP) is 3.84. The van der Waals surface area contributed by atoms with Gasteiger partial charge in [-0.1, -0.05) is 33.2 Å². The number of halogens is 1. The fourth-order valence-corrected chi connectivity index (χ4v) is 3.07. The first-order chi connectivity index (χ1) is 10.2. The Morgan fingerprint density at radius 2 is 2.10 bits per heavy atom. The monoisotopic (exact) mass is 363 g/mol. The molecule has 0 saturated heterocycles. The first-order valence-electron chi connectivity index (χ1n) is 5.98. The third kappa shape index (κ3) is 2.88. The summed E-state index contributed by atoms with van der Waals surface area (Å²) in [6.45, 7) is 0. The number of benzene rings is 2. The number of para-hydroxylation sites is 2. The fourth-order valence-electron chi connectivity index (χ4n) is 1.83. The molecule has 0 aliphatic rings. The molecule has 0 aliphatic heterocycles. The molecule has 3 aromatic rings. The van der Waals surface area contributed by atoms with Gasteiger partial charge in [-0.25, -0.2) is 4.98 Å². The predicted molar refractivity (Wildman–Crippen MR) is 84.8 cm³/mol. The van der Waals surface area contributed by atoms with Gasteiger partial charge in [0.05, 0.1) is 0 Å². The van der Waals surface area contributed by atoms with E-state index in [0.29, 0.717) is 10.8 Å². The molecule has 0 spiro atoms. The van der Waals surface area contributed by atoms with Crippen molar-refractivity contribution in [2.45, 2.75) is 10.1 Å². The molecule has 3 rings (SSSR count). The van der Waals surface area contributed by atoms with Crippen LogP contribution in [0.1, 0.15) is 5.56 Å². The summed E-state index contributed by atoms with van der Waals surface area (Å²) < 4.78 is 6.51. The number of fused-ring (bicyclic) bond motifs is 1. The average molecular weight is 364 g/mol. The van der Waals surface area contributed by atoms with Crippen molar-refractivity contribution in [1.82, 2.24) is 4.98 Å². The standard InChI is InChI=1S/C14H10BrN3O2S/c15-8-5-6-12(9(7-8)13(16)18-19)21-14-17-10-3-1-2-4-11(10)20-14/h1-7,19H,(H2,16,18). The van der Waals surface area contributed by atoms with Crippen molar-refractivity contribution in [2.75, 3.05) is 0 Å². The zero-order chi connectivity index (χ0) is 14.8. The first kappa shape index (κ1) is 14.0. The summed E-state index contributed by atoms with van der Waals surface area (Å²) in [4.78, 5) is 5.19. The molecule has 0 atom stereocenters. The van der Waals surface area contributed by atoms with Crippen molar-refractivity contribution >= 4 is 44.6 Å². The quantitative estimate of drug-likeness (QED) is 0.319. The summed E-state index contributed by atoms with van der Waals surface area (Å²) in [5.41, 5.74) is 7.84. The maximum atomic E-state index is 8.88. The van der Waals surface area contributed by atoms with Crippen LogP contribution in [0.25, 0.3) is 11.1 Å². The van der Waals surface area contributed by atoms with Crippen molar-refractivity contribution in [2.24, 2.45) is 10.9 Å². The number of oxazole rings is 1. The van der Waals surface area contributed by atoms with E-state index in [0.717, 1.165) is 20.5 Å². The molecule has 1 heterocycles. The second kappa shape index (κ2) is 5.79. The van der Waals surface area contributed by atoms with Crippen LogP contribution < -0.4 is 5.73 Å². The topological polar surface area (TPSA) is 84.6 Å². The van der Waals surface area contributed by atoms with Gasteiger partial charge < -0.3 is 15.4 Å². The van der Waals surface area contributed by atoms with E-state index in [4.69, 9.17) is 15.4 Å². The van der Waals surface area contributed by atoms with E-state index in [-0.39, 0.29) is 5.84 Å². The number of amidine groups is 1. The van der Waals surface area contributed by atoms with Crippen molar-refractivity contribution in [3.05, 3.63) is 52.5 Å². The summed E-state index contributed by atoms with van der Waals surface area (Å²) in [6, 6.07) is 13.0. The molecular weight excluding hydrogens is 354 g/mol. The summed E-state index contributed by atoms with van der Waals surface area (Å²) in [5.74, 6) is 0.0370. The van der Waals surface area contributed by atoms with Crippen molar-refractivity contribution in [1.29, 1.82) is 0 Å².